The highest BCUT2D eigenvalue weighted by Gasteiger charge is 2.32. The van der Waals surface area contributed by atoms with E-state index < -0.39 is 0 Å². The lowest BCUT2D eigenvalue weighted by molar-refractivity contribution is -0.136. The molecule has 3 heteroatoms. The maximum atomic E-state index is 12.5. The lowest BCUT2D eigenvalue weighted by Crippen LogP contribution is -2.41. The van der Waals surface area contributed by atoms with Gasteiger partial charge in [0, 0.05) is 24.3 Å². The Morgan fingerprint density at radius 2 is 1.80 bits per heavy atom. The van der Waals surface area contributed by atoms with Crippen LogP contribution in [0.4, 0.5) is 0 Å². The molecule has 2 aliphatic rings. The van der Waals surface area contributed by atoms with E-state index in [9.17, 15) is 4.79 Å². The summed E-state index contributed by atoms with van der Waals surface area (Å²) in [5, 5.41) is 0. The highest BCUT2D eigenvalue weighted by atomic mass is 79.9. The number of amides is 1. The van der Waals surface area contributed by atoms with Crippen molar-refractivity contribution in [2.45, 2.75) is 69.5 Å². The van der Waals surface area contributed by atoms with Gasteiger partial charge in [0.2, 0.25) is 5.91 Å². The number of hydrogen-bond donors (Lipinski definition) is 0. The van der Waals surface area contributed by atoms with E-state index in [1.807, 2.05) is 11.9 Å². The van der Waals surface area contributed by atoms with Gasteiger partial charge in [-0.2, -0.15) is 0 Å². The summed E-state index contributed by atoms with van der Waals surface area (Å²) in [5.74, 6) is 2.36. The average Bonchev–Trinajstić information content (AvgIpc) is 2.43. The van der Waals surface area contributed by atoms with Crippen LogP contribution in [-0.4, -0.2) is 29.2 Å². The SMILES string of the molecule is CCCCC1CCC(C(=O)N(C)CC2CC(Br)C2)CC1. The van der Waals surface area contributed by atoms with Crippen LogP contribution in [0.15, 0.2) is 0 Å². The van der Waals surface area contributed by atoms with Gasteiger partial charge in [0.1, 0.15) is 0 Å². The molecule has 0 radical (unpaired) electrons. The molecule has 2 aliphatic carbocycles. The molecule has 0 bridgehead atoms. The van der Waals surface area contributed by atoms with E-state index >= 15 is 0 Å². The van der Waals surface area contributed by atoms with Crippen molar-refractivity contribution in [2.75, 3.05) is 13.6 Å². The molecule has 0 unspecified atom stereocenters. The number of halogens is 1. The molecule has 20 heavy (non-hydrogen) atoms. The lowest BCUT2D eigenvalue weighted by Gasteiger charge is -2.36. The zero-order valence-electron chi connectivity index (χ0n) is 13.1. The third-order valence-electron chi connectivity index (χ3n) is 5.25. The van der Waals surface area contributed by atoms with E-state index in [2.05, 4.69) is 22.9 Å². The molecule has 1 amide bonds. The second-order valence-electron chi connectivity index (χ2n) is 7.01. The maximum absolute atomic E-state index is 12.5. The fourth-order valence-corrected chi connectivity index (χ4v) is 4.84. The third kappa shape index (κ3) is 4.47. The number of alkyl halides is 1. The quantitative estimate of drug-likeness (QED) is 0.644. The minimum atomic E-state index is 0.317. The molecule has 2 rings (SSSR count). The molecule has 0 aromatic carbocycles. The van der Waals surface area contributed by atoms with Gasteiger partial charge in [0.25, 0.3) is 0 Å². The van der Waals surface area contributed by atoms with Crippen LogP contribution < -0.4 is 0 Å². The first kappa shape index (κ1) is 16.3. The molecular weight excluding hydrogens is 314 g/mol. The summed E-state index contributed by atoms with van der Waals surface area (Å²) in [5.41, 5.74) is 0. The van der Waals surface area contributed by atoms with Gasteiger partial charge in [0.05, 0.1) is 0 Å². The highest BCUT2D eigenvalue weighted by Crippen LogP contribution is 2.35. The Labute approximate surface area is 132 Å². The molecule has 0 saturated heterocycles. The number of hydrogen-bond acceptors (Lipinski definition) is 1. The molecule has 0 aromatic rings. The van der Waals surface area contributed by atoms with Crippen molar-refractivity contribution in [1.82, 2.24) is 4.90 Å². The van der Waals surface area contributed by atoms with Crippen LogP contribution in [0.5, 0.6) is 0 Å². The van der Waals surface area contributed by atoms with Crippen molar-refractivity contribution >= 4 is 21.8 Å². The topological polar surface area (TPSA) is 20.3 Å². The van der Waals surface area contributed by atoms with Gasteiger partial charge in [-0.1, -0.05) is 42.1 Å². The Kier molecular flexibility index (Phi) is 6.38. The van der Waals surface area contributed by atoms with Crippen LogP contribution in [0.1, 0.15) is 64.7 Å². The normalized spacial score (nSPS) is 33.5. The Hall–Kier alpha value is -0.0500. The Morgan fingerprint density at radius 1 is 1.15 bits per heavy atom. The van der Waals surface area contributed by atoms with Crippen LogP contribution in [0, 0.1) is 17.8 Å². The van der Waals surface area contributed by atoms with Crippen LogP contribution >= 0.6 is 15.9 Å². The minimum absolute atomic E-state index is 0.317. The van der Waals surface area contributed by atoms with Gasteiger partial charge in [-0.3, -0.25) is 4.79 Å². The first-order chi connectivity index (χ1) is 9.60. The largest absolute Gasteiger partial charge is 0.345 e. The Morgan fingerprint density at radius 3 is 2.35 bits per heavy atom. The first-order valence-corrected chi connectivity index (χ1v) is 9.40. The van der Waals surface area contributed by atoms with E-state index in [4.69, 9.17) is 0 Å². The summed E-state index contributed by atoms with van der Waals surface area (Å²) in [7, 11) is 2.01. The summed E-state index contributed by atoms with van der Waals surface area (Å²) in [4.78, 5) is 15.2. The maximum Gasteiger partial charge on any atom is 0.225 e. The molecular formula is C17H30BrNO. The molecule has 0 N–H and O–H groups in total. The Balaban J connectivity index is 1.68. The lowest BCUT2D eigenvalue weighted by atomic mass is 9.79. The summed E-state index contributed by atoms with van der Waals surface area (Å²) in [6, 6.07) is 0. The molecule has 0 spiro atoms. The molecule has 116 valence electrons. The van der Waals surface area contributed by atoms with Crippen molar-refractivity contribution < 1.29 is 4.79 Å². The Bertz CT molecular complexity index is 306. The van der Waals surface area contributed by atoms with Crippen LogP contribution in [-0.2, 0) is 4.79 Å². The van der Waals surface area contributed by atoms with Crippen LogP contribution in [0.3, 0.4) is 0 Å². The fourth-order valence-electron chi connectivity index (χ4n) is 3.78. The van der Waals surface area contributed by atoms with E-state index in [0.29, 0.717) is 16.7 Å². The molecule has 2 nitrogen and oxygen atoms in total. The van der Waals surface area contributed by atoms with Gasteiger partial charge in [-0.05, 0) is 50.4 Å². The predicted molar refractivity (Wildman–Crippen MR) is 88.0 cm³/mol. The van der Waals surface area contributed by atoms with Crippen molar-refractivity contribution in [3.63, 3.8) is 0 Å². The standard InChI is InChI=1S/C17H30BrNO/c1-3-4-5-13-6-8-15(9-7-13)17(20)19(2)12-14-10-16(18)11-14/h13-16H,3-12H2,1-2H3. The van der Waals surface area contributed by atoms with E-state index in [1.165, 1.54) is 44.9 Å². The number of nitrogens with zero attached hydrogens (tertiary/aromatic N) is 1. The zero-order chi connectivity index (χ0) is 14.5. The molecule has 0 atom stereocenters. The minimum Gasteiger partial charge on any atom is -0.345 e. The fraction of sp³-hybridized carbons (Fsp3) is 0.941. The number of carbonyl (C=O) groups is 1. The molecule has 2 saturated carbocycles. The van der Waals surface area contributed by atoms with E-state index in [0.717, 1.165) is 31.2 Å². The summed E-state index contributed by atoms with van der Waals surface area (Å²) < 4.78 is 0. The third-order valence-corrected chi connectivity index (χ3v) is 6.00. The highest BCUT2D eigenvalue weighted by molar-refractivity contribution is 9.09. The van der Waals surface area contributed by atoms with Gasteiger partial charge in [-0.25, -0.2) is 0 Å². The van der Waals surface area contributed by atoms with Crippen molar-refractivity contribution in [3.05, 3.63) is 0 Å². The van der Waals surface area contributed by atoms with Gasteiger partial charge in [-0.15, -0.1) is 0 Å². The molecule has 0 aliphatic heterocycles. The summed E-state index contributed by atoms with van der Waals surface area (Å²) in [6.45, 7) is 3.23. The molecule has 0 aromatic heterocycles. The van der Waals surface area contributed by atoms with Crippen molar-refractivity contribution in [2.24, 2.45) is 17.8 Å². The smallest absolute Gasteiger partial charge is 0.225 e. The molecule has 2 fully saturated rings. The second-order valence-corrected chi connectivity index (χ2v) is 8.31. The average molecular weight is 344 g/mol. The summed E-state index contributed by atoms with van der Waals surface area (Å²) >= 11 is 3.63. The van der Waals surface area contributed by atoms with Crippen molar-refractivity contribution in [1.29, 1.82) is 0 Å². The van der Waals surface area contributed by atoms with Gasteiger partial charge in [0.15, 0.2) is 0 Å². The van der Waals surface area contributed by atoms with Crippen molar-refractivity contribution in [3.8, 4) is 0 Å². The predicted octanol–water partition coefficient (Wildman–Crippen LogP) is 4.61. The van der Waals surface area contributed by atoms with Gasteiger partial charge >= 0.3 is 0 Å². The van der Waals surface area contributed by atoms with Crippen LogP contribution in [0.25, 0.3) is 0 Å². The summed E-state index contributed by atoms with van der Waals surface area (Å²) in [6.07, 6.45) is 11.3. The first-order valence-electron chi connectivity index (χ1n) is 8.49. The van der Waals surface area contributed by atoms with Gasteiger partial charge < -0.3 is 4.90 Å². The monoisotopic (exact) mass is 343 g/mol. The van der Waals surface area contributed by atoms with E-state index in [-0.39, 0.29) is 0 Å². The number of rotatable bonds is 6. The number of unbranched alkanes of at least 4 members (excludes halogenated alkanes) is 1. The number of carbonyl (C=O) groups excluding carboxylic acids is 1. The zero-order valence-corrected chi connectivity index (χ0v) is 14.7. The van der Waals surface area contributed by atoms with Crippen LogP contribution in [0.2, 0.25) is 0 Å². The molecule has 0 heterocycles. The van der Waals surface area contributed by atoms with E-state index in [1.54, 1.807) is 0 Å². The second kappa shape index (κ2) is 7.82.